The van der Waals surface area contributed by atoms with Crippen molar-refractivity contribution in [3.05, 3.63) is 34.1 Å². The van der Waals surface area contributed by atoms with Gasteiger partial charge in [-0.2, -0.15) is 0 Å². The summed E-state index contributed by atoms with van der Waals surface area (Å²) in [6.07, 6.45) is 0.860. The molecule has 104 valence electrons. The van der Waals surface area contributed by atoms with Crippen LogP contribution in [-0.4, -0.2) is 23.4 Å². The van der Waals surface area contributed by atoms with Crippen molar-refractivity contribution in [2.75, 3.05) is 11.9 Å². The number of nitrogens with zero attached hydrogens (tertiary/aromatic N) is 1. The monoisotopic (exact) mass is 269 g/mol. The van der Waals surface area contributed by atoms with Gasteiger partial charge in [-0.05, 0) is 19.4 Å². The van der Waals surface area contributed by atoms with Crippen molar-refractivity contribution < 1.29 is 14.1 Å². The molecule has 0 aromatic heterocycles. The number of benzene rings is 1. The Morgan fingerprint density at radius 3 is 2.79 bits per heavy atom. The van der Waals surface area contributed by atoms with Crippen LogP contribution >= 0.6 is 0 Å². The molecule has 0 heterocycles. The maximum atomic E-state index is 13.4. The summed E-state index contributed by atoms with van der Waals surface area (Å²) in [5.41, 5.74) is -0.461. The number of rotatable bonds is 6. The molecule has 1 aromatic carbocycles. The fourth-order valence-electron chi connectivity index (χ4n) is 1.33. The van der Waals surface area contributed by atoms with E-state index in [0.717, 1.165) is 24.6 Å². The molecule has 1 atom stereocenters. The third-order valence-corrected chi connectivity index (χ3v) is 2.66. The van der Waals surface area contributed by atoms with Crippen LogP contribution in [0, 0.1) is 15.9 Å². The van der Waals surface area contributed by atoms with Gasteiger partial charge in [0.1, 0.15) is 5.82 Å². The van der Waals surface area contributed by atoms with Gasteiger partial charge in [0.05, 0.1) is 17.2 Å². The summed E-state index contributed by atoms with van der Waals surface area (Å²) < 4.78 is 13.4. The van der Waals surface area contributed by atoms with Crippen molar-refractivity contribution in [3.63, 3.8) is 0 Å². The first kappa shape index (κ1) is 15.0. The summed E-state index contributed by atoms with van der Waals surface area (Å²) in [6.45, 7) is 3.91. The minimum atomic E-state index is -0.706. The Bertz CT molecular complexity index is 479. The number of nitro benzene ring substituents is 1. The van der Waals surface area contributed by atoms with Crippen LogP contribution in [0.4, 0.5) is 15.8 Å². The van der Waals surface area contributed by atoms with Crippen molar-refractivity contribution >= 4 is 17.3 Å². The Kier molecular flexibility index (Phi) is 5.37. The van der Waals surface area contributed by atoms with E-state index in [1.807, 2.05) is 13.8 Å². The molecule has 1 aromatic rings. The molecule has 0 aliphatic heterocycles. The van der Waals surface area contributed by atoms with Crippen LogP contribution in [0.5, 0.6) is 0 Å². The predicted octanol–water partition coefficient (Wildman–Crippen LogP) is 2.06. The predicted molar refractivity (Wildman–Crippen MR) is 69.4 cm³/mol. The van der Waals surface area contributed by atoms with Crippen LogP contribution in [0.2, 0.25) is 0 Å². The topological polar surface area (TPSA) is 84.3 Å². The van der Waals surface area contributed by atoms with E-state index in [9.17, 15) is 19.3 Å². The smallest absolute Gasteiger partial charge is 0.271 e. The van der Waals surface area contributed by atoms with Crippen molar-refractivity contribution in [1.29, 1.82) is 0 Å². The van der Waals surface area contributed by atoms with Gasteiger partial charge in [0, 0.05) is 18.2 Å². The van der Waals surface area contributed by atoms with Gasteiger partial charge in [-0.1, -0.05) is 6.92 Å². The molecule has 1 amide bonds. The first-order valence-electron chi connectivity index (χ1n) is 5.91. The molecule has 0 spiro atoms. The number of amides is 1. The largest absolute Gasteiger partial charge is 0.322 e. The zero-order chi connectivity index (χ0) is 14.4. The molecule has 0 saturated carbocycles. The van der Waals surface area contributed by atoms with Gasteiger partial charge in [-0.25, -0.2) is 4.39 Å². The molecular formula is C12H16FN3O3. The number of carbonyl (C=O) groups is 1. The lowest BCUT2D eigenvalue weighted by Crippen LogP contribution is -2.34. The molecule has 0 fully saturated rings. The zero-order valence-electron chi connectivity index (χ0n) is 10.8. The fraction of sp³-hybridized carbons (Fsp3) is 0.417. The molecule has 7 heteroatoms. The Morgan fingerprint density at radius 1 is 1.53 bits per heavy atom. The number of hydrogen-bond acceptors (Lipinski definition) is 4. The fourth-order valence-corrected chi connectivity index (χ4v) is 1.33. The second-order valence-corrected chi connectivity index (χ2v) is 4.16. The summed E-state index contributed by atoms with van der Waals surface area (Å²) in [5.74, 6) is -1.15. The maximum Gasteiger partial charge on any atom is 0.271 e. The normalized spacial score (nSPS) is 11.9. The third kappa shape index (κ3) is 4.63. The summed E-state index contributed by atoms with van der Waals surface area (Å²) in [6, 6.07) is 3.16. The second-order valence-electron chi connectivity index (χ2n) is 4.16. The van der Waals surface area contributed by atoms with E-state index in [-0.39, 0.29) is 24.0 Å². The first-order valence-corrected chi connectivity index (χ1v) is 5.91. The molecule has 0 aliphatic rings. The molecule has 19 heavy (non-hydrogen) atoms. The number of anilines is 1. The van der Waals surface area contributed by atoms with Gasteiger partial charge in [0.25, 0.3) is 5.69 Å². The van der Waals surface area contributed by atoms with Gasteiger partial charge in [0.2, 0.25) is 5.91 Å². The van der Waals surface area contributed by atoms with E-state index in [1.165, 1.54) is 0 Å². The number of hydrogen-bond donors (Lipinski definition) is 2. The molecule has 6 nitrogen and oxygen atoms in total. The summed E-state index contributed by atoms with van der Waals surface area (Å²) in [7, 11) is 0. The molecule has 0 aliphatic carbocycles. The van der Waals surface area contributed by atoms with Crippen LogP contribution in [0.25, 0.3) is 0 Å². The number of non-ortho nitro benzene ring substituents is 1. The molecule has 2 N–H and O–H groups in total. The van der Waals surface area contributed by atoms with Gasteiger partial charge < -0.3 is 10.6 Å². The number of halogens is 1. The van der Waals surface area contributed by atoms with E-state index < -0.39 is 16.6 Å². The van der Waals surface area contributed by atoms with E-state index in [4.69, 9.17) is 0 Å². The van der Waals surface area contributed by atoms with Crippen LogP contribution in [0.1, 0.15) is 20.3 Å². The Balaban J connectivity index is 2.68. The average Bonchev–Trinajstić information content (AvgIpc) is 2.38. The van der Waals surface area contributed by atoms with Crippen molar-refractivity contribution in [1.82, 2.24) is 5.32 Å². The highest BCUT2D eigenvalue weighted by Crippen LogP contribution is 2.20. The first-order chi connectivity index (χ1) is 8.93. The SMILES string of the molecule is CCC(C)NCC(=O)Nc1cc([N+](=O)[O-])ccc1F. The highest BCUT2D eigenvalue weighted by molar-refractivity contribution is 5.92. The van der Waals surface area contributed by atoms with Crippen LogP contribution in [0.15, 0.2) is 18.2 Å². The molecule has 0 bridgehead atoms. The quantitative estimate of drug-likeness (QED) is 0.611. The molecule has 1 unspecified atom stereocenters. The number of carbonyl (C=O) groups excluding carboxylic acids is 1. The van der Waals surface area contributed by atoms with Crippen LogP contribution in [-0.2, 0) is 4.79 Å². The van der Waals surface area contributed by atoms with Gasteiger partial charge in [-0.15, -0.1) is 0 Å². The third-order valence-electron chi connectivity index (χ3n) is 2.66. The lowest BCUT2D eigenvalue weighted by Gasteiger charge is -2.11. The summed E-state index contributed by atoms with van der Waals surface area (Å²) >= 11 is 0. The van der Waals surface area contributed by atoms with Crippen LogP contribution < -0.4 is 10.6 Å². The lowest BCUT2D eigenvalue weighted by molar-refractivity contribution is -0.384. The summed E-state index contributed by atoms with van der Waals surface area (Å²) in [4.78, 5) is 21.5. The van der Waals surface area contributed by atoms with Crippen molar-refractivity contribution in [2.24, 2.45) is 0 Å². The Morgan fingerprint density at radius 2 is 2.21 bits per heavy atom. The number of nitro groups is 1. The Hall–Kier alpha value is -2.02. The average molecular weight is 269 g/mol. The van der Waals surface area contributed by atoms with Gasteiger partial charge >= 0.3 is 0 Å². The molecule has 1 rings (SSSR count). The van der Waals surface area contributed by atoms with Gasteiger partial charge in [-0.3, -0.25) is 14.9 Å². The van der Waals surface area contributed by atoms with E-state index in [1.54, 1.807) is 0 Å². The molecule has 0 saturated heterocycles. The second kappa shape index (κ2) is 6.79. The molecule has 0 radical (unpaired) electrons. The van der Waals surface area contributed by atoms with E-state index in [2.05, 4.69) is 10.6 Å². The Labute approximate surface area is 110 Å². The number of nitrogens with one attached hydrogen (secondary N) is 2. The van der Waals surface area contributed by atoms with Crippen LogP contribution in [0.3, 0.4) is 0 Å². The van der Waals surface area contributed by atoms with Gasteiger partial charge in [0.15, 0.2) is 0 Å². The van der Waals surface area contributed by atoms with Crippen molar-refractivity contribution in [3.8, 4) is 0 Å². The standard InChI is InChI=1S/C12H16FN3O3/c1-3-8(2)14-7-12(17)15-11-6-9(16(18)19)4-5-10(11)13/h4-6,8,14H,3,7H2,1-2H3,(H,15,17). The lowest BCUT2D eigenvalue weighted by atomic mass is 10.2. The van der Waals surface area contributed by atoms with Crippen molar-refractivity contribution in [2.45, 2.75) is 26.3 Å². The van der Waals surface area contributed by atoms with E-state index in [0.29, 0.717) is 0 Å². The van der Waals surface area contributed by atoms with E-state index >= 15 is 0 Å². The maximum absolute atomic E-state index is 13.4. The summed E-state index contributed by atoms with van der Waals surface area (Å²) in [5, 5.41) is 15.8. The minimum Gasteiger partial charge on any atom is -0.322 e. The minimum absolute atomic E-state index is 0.0249. The highest BCUT2D eigenvalue weighted by atomic mass is 19.1. The highest BCUT2D eigenvalue weighted by Gasteiger charge is 2.13. The molecular weight excluding hydrogens is 253 g/mol. The zero-order valence-corrected chi connectivity index (χ0v) is 10.8.